The highest BCUT2D eigenvalue weighted by Crippen LogP contribution is 2.36. The summed E-state index contributed by atoms with van der Waals surface area (Å²) in [6.07, 6.45) is -0.655. The topological polar surface area (TPSA) is 68.6 Å². The van der Waals surface area contributed by atoms with Crippen molar-refractivity contribution in [2.75, 3.05) is 21.3 Å². The standard InChI is InChI=1S/C15H17Cl2NO4/c1-20-14(19)10(7-9(8-18)15(21-2)22-3)13-11(16)5-4-6-12(13)17/h4-6,9-10,15H,7H2,1-3H3. The number of hydrogen-bond donors (Lipinski definition) is 0. The first-order chi connectivity index (χ1) is 10.5. The Morgan fingerprint density at radius 1 is 1.23 bits per heavy atom. The Balaban J connectivity index is 3.20. The second kappa shape index (κ2) is 8.96. The van der Waals surface area contributed by atoms with E-state index in [0.29, 0.717) is 15.6 Å². The van der Waals surface area contributed by atoms with Gasteiger partial charge in [0.25, 0.3) is 0 Å². The third-order valence-corrected chi connectivity index (χ3v) is 3.94. The predicted molar refractivity (Wildman–Crippen MR) is 82.7 cm³/mol. The molecule has 0 aliphatic heterocycles. The van der Waals surface area contributed by atoms with Crippen molar-refractivity contribution in [3.63, 3.8) is 0 Å². The lowest BCUT2D eigenvalue weighted by Gasteiger charge is -2.24. The van der Waals surface area contributed by atoms with Crippen LogP contribution >= 0.6 is 23.2 Å². The van der Waals surface area contributed by atoms with Gasteiger partial charge < -0.3 is 14.2 Å². The van der Waals surface area contributed by atoms with Crippen molar-refractivity contribution in [2.24, 2.45) is 5.92 Å². The SMILES string of the molecule is COC(=O)C(CC(C#N)C(OC)OC)c1c(Cl)cccc1Cl. The molecule has 0 spiro atoms. The summed E-state index contributed by atoms with van der Waals surface area (Å²) in [5.41, 5.74) is 0.434. The fraction of sp³-hybridized carbons (Fsp3) is 0.467. The van der Waals surface area contributed by atoms with E-state index in [2.05, 4.69) is 6.07 Å². The summed E-state index contributed by atoms with van der Waals surface area (Å²) >= 11 is 12.3. The minimum atomic E-state index is -0.788. The number of rotatable bonds is 7. The Morgan fingerprint density at radius 2 is 1.77 bits per heavy atom. The van der Waals surface area contributed by atoms with Crippen molar-refractivity contribution in [3.05, 3.63) is 33.8 Å². The fourth-order valence-corrected chi connectivity index (χ4v) is 2.88. The zero-order valence-corrected chi connectivity index (χ0v) is 14.0. The van der Waals surface area contributed by atoms with E-state index in [-0.39, 0.29) is 6.42 Å². The molecule has 2 unspecified atom stereocenters. The van der Waals surface area contributed by atoms with Gasteiger partial charge in [0.1, 0.15) is 0 Å². The molecular weight excluding hydrogens is 329 g/mol. The third-order valence-electron chi connectivity index (χ3n) is 3.28. The van der Waals surface area contributed by atoms with Gasteiger partial charge in [0.05, 0.1) is 25.0 Å². The van der Waals surface area contributed by atoms with Crippen molar-refractivity contribution < 1.29 is 19.0 Å². The number of benzene rings is 1. The van der Waals surface area contributed by atoms with Crippen molar-refractivity contribution >= 4 is 29.2 Å². The van der Waals surface area contributed by atoms with Gasteiger partial charge in [0, 0.05) is 29.8 Å². The molecule has 7 heteroatoms. The molecule has 0 aromatic heterocycles. The van der Waals surface area contributed by atoms with Gasteiger partial charge in [-0.15, -0.1) is 0 Å². The van der Waals surface area contributed by atoms with Gasteiger partial charge in [-0.3, -0.25) is 4.79 Å². The molecule has 120 valence electrons. The molecule has 0 fully saturated rings. The molecular formula is C15H17Cl2NO4. The Labute approximate surface area is 139 Å². The van der Waals surface area contributed by atoms with Gasteiger partial charge in [-0.2, -0.15) is 5.26 Å². The van der Waals surface area contributed by atoms with Crippen LogP contribution in [0.1, 0.15) is 17.9 Å². The molecule has 1 rings (SSSR count). The van der Waals surface area contributed by atoms with E-state index in [4.69, 9.17) is 37.4 Å². The van der Waals surface area contributed by atoms with E-state index < -0.39 is 24.1 Å². The normalized spacial score (nSPS) is 13.5. The first-order valence-corrected chi connectivity index (χ1v) is 7.22. The molecule has 0 bridgehead atoms. The number of nitriles is 1. The Morgan fingerprint density at radius 3 is 2.18 bits per heavy atom. The largest absolute Gasteiger partial charge is 0.469 e. The number of esters is 1. The van der Waals surface area contributed by atoms with Crippen LogP contribution in [0.2, 0.25) is 10.0 Å². The Kier molecular flexibility index (Phi) is 7.63. The van der Waals surface area contributed by atoms with E-state index in [1.54, 1.807) is 18.2 Å². The molecule has 2 atom stereocenters. The summed E-state index contributed by atoms with van der Waals surface area (Å²) in [4.78, 5) is 12.1. The van der Waals surface area contributed by atoms with Gasteiger partial charge in [-0.1, -0.05) is 29.3 Å². The molecule has 0 N–H and O–H groups in total. The number of ether oxygens (including phenoxy) is 3. The smallest absolute Gasteiger partial charge is 0.313 e. The summed E-state index contributed by atoms with van der Waals surface area (Å²) in [6, 6.07) is 7.01. The second-order valence-electron chi connectivity index (χ2n) is 4.52. The number of nitrogens with zero attached hydrogens (tertiary/aromatic N) is 1. The molecule has 0 saturated carbocycles. The minimum Gasteiger partial charge on any atom is -0.469 e. The summed E-state index contributed by atoms with van der Waals surface area (Å²) in [5, 5.41) is 10.00. The van der Waals surface area contributed by atoms with Gasteiger partial charge in [-0.05, 0) is 18.6 Å². The Bertz CT molecular complexity index is 535. The van der Waals surface area contributed by atoms with E-state index in [0.717, 1.165) is 0 Å². The number of methoxy groups -OCH3 is 3. The monoisotopic (exact) mass is 345 g/mol. The highest BCUT2D eigenvalue weighted by Gasteiger charge is 2.33. The maximum atomic E-state index is 12.1. The molecule has 1 aromatic carbocycles. The molecule has 0 aliphatic carbocycles. The van der Waals surface area contributed by atoms with Crippen LogP contribution in [-0.4, -0.2) is 33.6 Å². The van der Waals surface area contributed by atoms with E-state index in [9.17, 15) is 10.1 Å². The molecule has 0 aliphatic rings. The summed E-state index contributed by atoms with van der Waals surface area (Å²) in [7, 11) is 4.12. The molecule has 1 aromatic rings. The van der Waals surface area contributed by atoms with Gasteiger partial charge in [0.15, 0.2) is 6.29 Å². The van der Waals surface area contributed by atoms with Crippen LogP contribution in [0.15, 0.2) is 18.2 Å². The molecule has 22 heavy (non-hydrogen) atoms. The fourth-order valence-electron chi connectivity index (χ4n) is 2.22. The summed E-state index contributed by atoms with van der Waals surface area (Å²) < 4.78 is 15.0. The average Bonchev–Trinajstić information content (AvgIpc) is 2.52. The molecule has 5 nitrogen and oxygen atoms in total. The van der Waals surface area contributed by atoms with E-state index >= 15 is 0 Å². The first-order valence-electron chi connectivity index (χ1n) is 6.47. The van der Waals surface area contributed by atoms with Crippen LogP contribution in [0.5, 0.6) is 0 Å². The lowest BCUT2D eigenvalue weighted by atomic mass is 9.88. The number of halogens is 2. The zero-order chi connectivity index (χ0) is 16.7. The second-order valence-corrected chi connectivity index (χ2v) is 5.34. The lowest BCUT2D eigenvalue weighted by molar-refractivity contribution is -0.146. The van der Waals surface area contributed by atoms with Gasteiger partial charge >= 0.3 is 5.97 Å². The van der Waals surface area contributed by atoms with Crippen molar-refractivity contribution in [1.29, 1.82) is 5.26 Å². The molecule has 0 heterocycles. The van der Waals surface area contributed by atoms with Crippen molar-refractivity contribution in [3.8, 4) is 6.07 Å². The van der Waals surface area contributed by atoms with Crippen LogP contribution in [0, 0.1) is 17.2 Å². The number of carbonyl (C=O) groups excluding carboxylic acids is 1. The lowest BCUT2D eigenvalue weighted by Crippen LogP contribution is -2.28. The van der Waals surface area contributed by atoms with Gasteiger partial charge in [-0.25, -0.2) is 0 Å². The minimum absolute atomic E-state index is 0.110. The van der Waals surface area contributed by atoms with E-state index in [1.807, 2.05) is 0 Å². The maximum Gasteiger partial charge on any atom is 0.313 e. The number of hydrogen-bond acceptors (Lipinski definition) is 5. The van der Waals surface area contributed by atoms with Crippen LogP contribution in [0.25, 0.3) is 0 Å². The maximum absolute atomic E-state index is 12.1. The van der Waals surface area contributed by atoms with Crippen LogP contribution < -0.4 is 0 Å². The van der Waals surface area contributed by atoms with Crippen LogP contribution in [0.4, 0.5) is 0 Å². The summed E-state index contributed by atoms with van der Waals surface area (Å²) in [5.74, 6) is -2.00. The van der Waals surface area contributed by atoms with Crippen LogP contribution in [-0.2, 0) is 19.0 Å². The first kappa shape index (κ1) is 18.7. The molecule has 0 radical (unpaired) electrons. The molecule has 0 amide bonds. The van der Waals surface area contributed by atoms with Crippen LogP contribution in [0.3, 0.4) is 0 Å². The van der Waals surface area contributed by atoms with Gasteiger partial charge in [0.2, 0.25) is 0 Å². The highest BCUT2D eigenvalue weighted by atomic mass is 35.5. The van der Waals surface area contributed by atoms with Crippen molar-refractivity contribution in [1.82, 2.24) is 0 Å². The highest BCUT2D eigenvalue weighted by molar-refractivity contribution is 6.36. The molecule has 0 saturated heterocycles. The average molecular weight is 346 g/mol. The quantitative estimate of drug-likeness (QED) is 0.559. The third kappa shape index (κ3) is 4.34. The Hall–Kier alpha value is -1.32. The predicted octanol–water partition coefficient (Wildman–Crippen LogP) is 3.40. The van der Waals surface area contributed by atoms with Crippen molar-refractivity contribution in [2.45, 2.75) is 18.6 Å². The zero-order valence-electron chi connectivity index (χ0n) is 12.5. The summed E-state index contributed by atoms with van der Waals surface area (Å²) in [6.45, 7) is 0. The van der Waals surface area contributed by atoms with E-state index in [1.165, 1.54) is 21.3 Å². The number of carbonyl (C=O) groups is 1.